The van der Waals surface area contributed by atoms with Crippen LogP contribution in [0.4, 0.5) is 0 Å². The quantitative estimate of drug-likeness (QED) is 0.210. The molecule has 2 N–H and O–H groups in total. The fraction of sp³-hybridized carbons (Fsp3) is 0.571. The van der Waals surface area contributed by atoms with Gasteiger partial charge in [0.05, 0.1) is 0 Å². The zero-order chi connectivity index (χ0) is 19.4. The van der Waals surface area contributed by atoms with Gasteiger partial charge in [-0.2, -0.15) is 0 Å². The highest BCUT2D eigenvalue weighted by Gasteiger charge is 2.06. The van der Waals surface area contributed by atoms with Crippen LogP contribution in [0.1, 0.15) is 49.7 Å². The molecule has 0 bridgehead atoms. The van der Waals surface area contributed by atoms with Gasteiger partial charge in [0, 0.05) is 43.9 Å². The Kier molecular flexibility index (Phi) is 11.3. The SMILES string of the molecule is CCc1nncn1CCNC(=NCCc1cccs1)NCCC1=CCCCC1.I. The molecule has 0 saturated carbocycles. The molecule has 2 heterocycles. The standard InChI is InChI=1S/C21H32N6S.HI/c1-2-20-26-25-17-27(20)15-14-24-21(23-13-11-19-9-6-16-28-19)22-12-10-18-7-4-3-5-8-18;/h6-7,9,16-17H,2-5,8,10-15H2,1H3,(H2,22,23,24);1H. The van der Waals surface area contributed by atoms with Crippen molar-refractivity contribution in [1.29, 1.82) is 0 Å². The summed E-state index contributed by atoms with van der Waals surface area (Å²) >= 11 is 1.80. The van der Waals surface area contributed by atoms with Crippen LogP contribution < -0.4 is 10.6 Å². The van der Waals surface area contributed by atoms with Crippen LogP contribution in [0.15, 0.2) is 40.5 Å². The van der Waals surface area contributed by atoms with E-state index in [1.807, 2.05) is 0 Å². The lowest BCUT2D eigenvalue weighted by Gasteiger charge is -2.16. The van der Waals surface area contributed by atoms with E-state index in [0.717, 1.165) is 57.2 Å². The monoisotopic (exact) mass is 528 g/mol. The minimum atomic E-state index is 0. The van der Waals surface area contributed by atoms with Crippen molar-refractivity contribution in [2.45, 2.75) is 58.4 Å². The van der Waals surface area contributed by atoms with Crippen molar-refractivity contribution in [2.24, 2.45) is 4.99 Å². The molecule has 8 heteroatoms. The molecule has 2 aromatic rings. The van der Waals surface area contributed by atoms with Gasteiger partial charge in [-0.1, -0.05) is 24.6 Å². The fourth-order valence-electron chi connectivity index (χ4n) is 3.41. The lowest BCUT2D eigenvalue weighted by molar-refractivity contribution is 0.628. The van der Waals surface area contributed by atoms with E-state index in [-0.39, 0.29) is 24.0 Å². The Morgan fingerprint density at radius 1 is 1.24 bits per heavy atom. The zero-order valence-electron chi connectivity index (χ0n) is 17.3. The first kappa shape index (κ1) is 23.9. The van der Waals surface area contributed by atoms with Crippen molar-refractivity contribution in [3.05, 3.63) is 46.2 Å². The molecule has 1 aliphatic rings. The summed E-state index contributed by atoms with van der Waals surface area (Å²) in [5.41, 5.74) is 1.59. The number of nitrogens with one attached hydrogen (secondary N) is 2. The topological polar surface area (TPSA) is 67.1 Å². The summed E-state index contributed by atoms with van der Waals surface area (Å²) in [6, 6.07) is 4.28. The number of guanidine groups is 1. The Labute approximate surface area is 195 Å². The van der Waals surface area contributed by atoms with Crippen molar-refractivity contribution in [3.8, 4) is 0 Å². The molecule has 0 fully saturated rings. The van der Waals surface area contributed by atoms with Crippen LogP contribution in [-0.2, 0) is 19.4 Å². The van der Waals surface area contributed by atoms with E-state index in [9.17, 15) is 0 Å². The fourth-order valence-corrected chi connectivity index (χ4v) is 4.11. The second-order valence-corrected chi connectivity index (χ2v) is 8.10. The Bertz CT molecular complexity index is 753. The second-order valence-electron chi connectivity index (χ2n) is 7.07. The number of aryl methyl sites for hydroxylation is 1. The normalized spacial score (nSPS) is 14.2. The van der Waals surface area contributed by atoms with Crippen LogP contribution in [0.3, 0.4) is 0 Å². The number of hydrogen-bond acceptors (Lipinski definition) is 4. The summed E-state index contributed by atoms with van der Waals surface area (Å²) in [6.45, 7) is 5.48. The number of hydrogen-bond donors (Lipinski definition) is 2. The average molecular weight is 529 g/mol. The first-order valence-electron chi connectivity index (χ1n) is 10.4. The van der Waals surface area contributed by atoms with Crippen LogP contribution in [0.25, 0.3) is 0 Å². The van der Waals surface area contributed by atoms with Crippen molar-refractivity contribution in [3.63, 3.8) is 0 Å². The second kappa shape index (κ2) is 13.7. The summed E-state index contributed by atoms with van der Waals surface area (Å²) in [6.07, 6.45) is 12.4. The van der Waals surface area contributed by atoms with Gasteiger partial charge in [0.2, 0.25) is 0 Å². The number of allylic oxidation sites excluding steroid dienone is 1. The molecule has 2 aromatic heterocycles. The van der Waals surface area contributed by atoms with Gasteiger partial charge < -0.3 is 15.2 Å². The Morgan fingerprint density at radius 2 is 2.14 bits per heavy atom. The molecule has 0 amide bonds. The zero-order valence-corrected chi connectivity index (χ0v) is 20.4. The summed E-state index contributed by atoms with van der Waals surface area (Å²) in [5.74, 6) is 1.93. The molecule has 0 saturated heterocycles. The van der Waals surface area contributed by atoms with Crippen molar-refractivity contribution < 1.29 is 0 Å². The highest BCUT2D eigenvalue weighted by Crippen LogP contribution is 2.19. The van der Waals surface area contributed by atoms with Gasteiger partial charge in [-0.05, 0) is 43.6 Å². The van der Waals surface area contributed by atoms with Gasteiger partial charge in [0.15, 0.2) is 5.96 Å². The van der Waals surface area contributed by atoms with Gasteiger partial charge in [0.25, 0.3) is 0 Å². The minimum Gasteiger partial charge on any atom is -0.356 e. The Hall–Kier alpha value is -1.42. The Morgan fingerprint density at radius 3 is 2.90 bits per heavy atom. The molecular weight excluding hydrogens is 495 g/mol. The van der Waals surface area contributed by atoms with E-state index in [1.54, 1.807) is 23.2 Å². The third-order valence-electron chi connectivity index (χ3n) is 4.99. The molecule has 0 aromatic carbocycles. The molecule has 0 spiro atoms. The molecule has 29 heavy (non-hydrogen) atoms. The third-order valence-corrected chi connectivity index (χ3v) is 5.93. The first-order valence-corrected chi connectivity index (χ1v) is 11.3. The number of aromatic nitrogens is 3. The van der Waals surface area contributed by atoms with Crippen molar-refractivity contribution in [2.75, 3.05) is 19.6 Å². The average Bonchev–Trinajstić information content (AvgIpc) is 3.40. The third kappa shape index (κ3) is 8.46. The largest absolute Gasteiger partial charge is 0.356 e. The van der Waals surface area contributed by atoms with Gasteiger partial charge in [-0.15, -0.1) is 45.5 Å². The van der Waals surface area contributed by atoms with Gasteiger partial charge in [-0.25, -0.2) is 0 Å². The molecule has 0 unspecified atom stereocenters. The molecular formula is C21H33IN6S. The minimum absolute atomic E-state index is 0. The number of aliphatic imine (C=N–C) groups is 1. The predicted molar refractivity (Wildman–Crippen MR) is 132 cm³/mol. The highest BCUT2D eigenvalue weighted by atomic mass is 127. The molecule has 0 aliphatic heterocycles. The first-order chi connectivity index (χ1) is 13.8. The Balaban J connectivity index is 0.00000300. The number of halogens is 1. The van der Waals surface area contributed by atoms with Crippen LogP contribution in [0.5, 0.6) is 0 Å². The van der Waals surface area contributed by atoms with E-state index in [1.165, 1.54) is 30.6 Å². The van der Waals surface area contributed by atoms with E-state index < -0.39 is 0 Å². The summed E-state index contributed by atoms with van der Waals surface area (Å²) in [7, 11) is 0. The van der Waals surface area contributed by atoms with Crippen molar-refractivity contribution in [1.82, 2.24) is 25.4 Å². The van der Waals surface area contributed by atoms with Gasteiger partial charge in [-0.3, -0.25) is 4.99 Å². The molecule has 3 rings (SSSR count). The maximum atomic E-state index is 4.78. The number of nitrogens with zero attached hydrogens (tertiary/aromatic N) is 4. The van der Waals surface area contributed by atoms with Crippen LogP contribution in [0, 0.1) is 0 Å². The molecule has 6 nitrogen and oxygen atoms in total. The lowest BCUT2D eigenvalue weighted by Crippen LogP contribution is -2.39. The van der Waals surface area contributed by atoms with E-state index >= 15 is 0 Å². The van der Waals surface area contributed by atoms with Crippen LogP contribution in [-0.4, -0.2) is 40.4 Å². The predicted octanol–water partition coefficient (Wildman–Crippen LogP) is 4.19. The summed E-state index contributed by atoms with van der Waals surface area (Å²) in [4.78, 5) is 6.17. The van der Waals surface area contributed by atoms with Crippen molar-refractivity contribution >= 4 is 41.3 Å². The summed E-state index contributed by atoms with van der Waals surface area (Å²) in [5, 5.41) is 17.3. The smallest absolute Gasteiger partial charge is 0.191 e. The van der Waals surface area contributed by atoms with Crippen LogP contribution in [0.2, 0.25) is 0 Å². The highest BCUT2D eigenvalue weighted by molar-refractivity contribution is 14.0. The maximum Gasteiger partial charge on any atom is 0.191 e. The molecule has 160 valence electrons. The van der Waals surface area contributed by atoms with E-state index in [0.29, 0.717) is 0 Å². The van der Waals surface area contributed by atoms with Crippen LogP contribution >= 0.6 is 35.3 Å². The number of rotatable bonds is 10. The molecule has 0 radical (unpaired) electrons. The van der Waals surface area contributed by atoms with E-state index in [4.69, 9.17) is 4.99 Å². The summed E-state index contributed by atoms with van der Waals surface area (Å²) < 4.78 is 2.10. The van der Waals surface area contributed by atoms with E-state index in [2.05, 4.69) is 55.9 Å². The lowest BCUT2D eigenvalue weighted by atomic mass is 9.97. The maximum absolute atomic E-state index is 4.78. The molecule has 0 atom stereocenters. The molecule has 1 aliphatic carbocycles. The van der Waals surface area contributed by atoms with Gasteiger partial charge >= 0.3 is 0 Å². The van der Waals surface area contributed by atoms with Gasteiger partial charge in [0.1, 0.15) is 12.2 Å². The number of thiophene rings is 1.